The molecule has 1 unspecified atom stereocenters. The molecule has 3 nitrogen and oxygen atoms in total. The second-order valence-electron chi connectivity index (χ2n) is 6.84. The van der Waals surface area contributed by atoms with Gasteiger partial charge in [0.15, 0.2) is 0 Å². The molecule has 0 aromatic heterocycles. The van der Waals surface area contributed by atoms with Crippen LogP contribution in [0.4, 0.5) is 0 Å². The summed E-state index contributed by atoms with van der Waals surface area (Å²) < 4.78 is 0. The highest BCUT2D eigenvalue weighted by molar-refractivity contribution is 5.77. The van der Waals surface area contributed by atoms with Gasteiger partial charge >= 0.3 is 0 Å². The second-order valence-corrected chi connectivity index (χ2v) is 6.84. The van der Waals surface area contributed by atoms with Crippen LogP contribution in [0, 0.1) is 11.8 Å². The van der Waals surface area contributed by atoms with Crippen LogP contribution in [0.1, 0.15) is 57.8 Å². The van der Waals surface area contributed by atoms with Gasteiger partial charge in [-0.1, -0.05) is 19.3 Å². The molecule has 108 valence electrons. The highest BCUT2D eigenvalue weighted by atomic mass is 16.2. The normalized spacial score (nSPS) is 28.5. The van der Waals surface area contributed by atoms with Gasteiger partial charge in [-0.3, -0.25) is 4.79 Å². The fourth-order valence-corrected chi connectivity index (χ4v) is 3.74. The van der Waals surface area contributed by atoms with Crippen LogP contribution < -0.4 is 5.32 Å². The molecule has 3 fully saturated rings. The van der Waals surface area contributed by atoms with Crippen molar-refractivity contribution in [1.82, 2.24) is 10.2 Å². The fraction of sp³-hybridized carbons (Fsp3) is 0.938. The van der Waals surface area contributed by atoms with Gasteiger partial charge in [0.05, 0.1) is 0 Å². The van der Waals surface area contributed by atoms with Gasteiger partial charge in [0, 0.05) is 19.0 Å². The zero-order valence-electron chi connectivity index (χ0n) is 12.1. The van der Waals surface area contributed by atoms with Crippen LogP contribution >= 0.6 is 0 Å². The highest BCUT2D eigenvalue weighted by Crippen LogP contribution is 2.32. The standard InChI is InChI=1S/C16H28N2O/c19-16(10-14-8-9-17-11-14)18(15-6-7-15)12-13-4-2-1-3-5-13/h13-15,17H,1-12H2. The SMILES string of the molecule is O=C(CC1CCNC1)N(CC1CCCCC1)C1CC1. The molecule has 0 radical (unpaired) electrons. The van der Waals surface area contributed by atoms with Crippen molar-refractivity contribution in [3.8, 4) is 0 Å². The van der Waals surface area contributed by atoms with E-state index in [0.717, 1.165) is 32.0 Å². The molecule has 1 amide bonds. The summed E-state index contributed by atoms with van der Waals surface area (Å²) in [7, 11) is 0. The summed E-state index contributed by atoms with van der Waals surface area (Å²) in [5, 5.41) is 3.37. The van der Waals surface area contributed by atoms with Crippen LogP contribution in [0.5, 0.6) is 0 Å². The minimum absolute atomic E-state index is 0.446. The van der Waals surface area contributed by atoms with Crippen molar-refractivity contribution < 1.29 is 4.79 Å². The molecule has 1 heterocycles. The predicted molar refractivity (Wildman–Crippen MR) is 76.9 cm³/mol. The summed E-state index contributed by atoms with van der Waals surface area (Å²) in [5.41, 5.74) is 0. The Morgan fingerprint density at radius 2 is 1.79 bits per heavy atom. The summed E-state index contributed by atoms with van der Waals surface area (Å²) in [4.78, 5) is 14.8. The minimum Gasteiger partial charge on any atom is -0.339 e. The van der Waals surface area contributed by atoms with Crippen LogP contribution in [0.2, 0.25) is 0 Å². The smallest absolute Gasteiger partial charge is 0.223 e. The largest absolute Gasteiger partial charge is 0.339 e. The lowest BCUT2D eigenvalue weighted by atomic mass is 9.88. The van der Waals surface area contributed by atoms with Gasteiger partial charge in [0.1, 0.15) is 0 Å². The molecule has 0 bridgehead atoms. The molecule has 0 aromatic carbocycles. The number of hydrogen-bond donors (Lipinski definition) is 1. The maximum atomic E-state index is 12.6. The first-order chi connectivity index (χ1) is 9.33. The lowest BCUT2D eigenvalue weighted by Gasteiger charge is -2.30. The molecule has 1 aliphatic heterocycles. The number of carbonyl (C=O) groups excluding carboxylic acids is 1. The first-order valence-electron chi connectivity index (χ1n) is 8.33. The van der Waals surface area contributed by atoms with E-state index in [0.29, 0.717) is 17.9 Å². The number of amides is 1. The third-order valence-corrected chi connectivity index (χ3v) is 5.11. The number of rotatable bonds is 5. The first-order valence-corrected chi connectivity index (χ1v) is 8.33. The van der Waals surface area contributed by atoms with E-state index < -0.39 is 0 Å². The Bertz CT molecular complexity index is 302. The fourth-order valence-electron chi connectivity index (χ4n) is 3.74. The monoisotopic (exact) mass is 264 g/mol. The van der Waals surface area contributed by atoms with E-state index in [4.69, 9.17) is 0 Å². The van der Waals surface area contributed by atoms with Crippen LogP contribution in [0.3, 0.4) is 0 Å². The van der Waals surface area contributed by atoms with Gasteiger partial charge in [0.25, 0.3) is 0 Å². The average Bonchev–Trinajstić information content (AvgIpc) is 3.15. The van der Waals surface area contributed by atoms with E-state index in [2.05, 4.69) is 10.2 Å². The van der Waals surface area contributed by atoms with Crippen molar-refractivity contribution in [2.75, 3.05) is 19.6 Å². The van der Waals surface area contributed by atoms with Crippen molar-refractivity contribution >= 4 is 5.91 Å². The quantitative estimate of drug-likeness (QED) is 0.827. The van der Waals surface area contributed by atoms with Gasteiger partial charge in [0.2, 0.25) is 5.91 Å². The third-order valence-electron chi connectivity index (χ3n) is 5.11. The Kier molecular flexibility index (Phi) is 4.42. The second kappa shape index (κ2) is 6.25. The highest BCUT2D eigenvalue weighted by Gasteiger charge is 2.35. The molecular weight excluding hydrogens is 236 g/mol. The molecule has 1 N–H and O–H groups in total. The van der Waals surface area contributed by atoms with Crippen LogP contribution in [-0.4, -0.2) is 36.5 Å². The van der Waals surface area contributed by atoms with Crippen LogP contribution in [0.15, 0.2) is 0 Å². The zero-order valence-corrected chi connectivity index (χ0v) is 12.1. The molecule has 2 saturated carbocycles. The minimum atomic E-state index is 0.446. The maximum absolute atomic E-state index is 12.6. The Hall–Kier alpha value is -0.570. The lowest BCUT2D eigenvalue weighted by molar-refractivity contribution is -0.133. The number of carbonyl (C=O) groups is 1. The Balaban J connectivity index is 1.52. The average molecular weight is 264 g/mol. The lowest BCUT2D eigenvalue weighted by Crippen LogP contribution is -2.38. The molecule has 1 atom stereocenters. The number of nitrogens with one attached hydrogen (secondary N) is 1. The Morgan fingerprint density at radius 1 is 1.00 bits per heavy atom. The Morgan fingerprint density at radius 3 is 2.42 bits per heavy atom. The van der Waals surface area contributed by atoms with E-state index in [1.807, 2.05) is 0 Å². The molecule has 0 spiro atoms. The topological polar surface area (TPSA) is 32.3 Å². The molecule has 2 aliphatic carbocycles. The van der Waals surface area contributed by atoms with Gasteiger partial charge in [-0.05, 0) is 57.0 Å². The molecule has 3 heteroatoms. The number of nitrogens with zero attached hydrogens (tertiary/aromatic N) is 1. The van der Waals surface area contributed by atoms with Crippen molar-refractivity contribution in [2.24, 2.45) is 11.8 Å². The van der Waals surface area contributed by atoms with Crippen molar-refractivity contribution in [2.45, 2.75) is 63.8 Å². The molecule has 0 aromatic rings. The predicted octanol–water partition coefficient (Wildman–Crippen LogP) is 2.56. The zero-order chi connectivity index (χ0) is 13.1. The molecule has 3 aliphatic rings. The molecule has 1 saturated heterocycles. The molecule has 3 rings (SSSR count). The van der Waals surface area contributed by atoms with Crippen molar-refractivity contribution in [3.05, 3.63) is 0 Å². The number of hydrogen-bond acceptors (Lipinski definition) is 2. The van der Waals surface area contributed by atoms with E-state index in [1.54, 1.807) is 0 Å². The molecular formula is C16H28N2O. The summed E-state index contributed by atoms with van der Waals surface area (Å²) in [6.45, 7) is 3.21. The van der Waals surface area contributed by atoms with Gasteiger partial charge in [-0.15, -0.1) is 0 Å². The van der Waals surface area contributed by atoms with Crippen molar-refractivity contribution in [3.63, 3.8) is 0 Å². The van der Waals surface area contributed by atoms with Gasteiger partial charge in [-0.2, -0.15) is 0 Å². The third kappa shape index (κ3) is 3.71. The van der Waals surface area contributed by atoms with Crippen molar-refractivity contribution in [1.29, 1.82) is 0 Å². The van der Waals surface area contributed by atoms with Crippen LogP contribution in [-0.2, 0) is 4.79 Å². The maximum Gasteiger partial charge on any atom is 0.223 e. The van der Waals surface area contributed by atoms with E-state index in [-0.39, 0.29) is 0 Å². The summed E-state index contributed by atoms with van der Waals surface area (Å²) in [5.74, 6) is 1.84. The summed E-state index contributed by atoms with van der Waals surface area (Å²) >= 11 is 0. The van der Waals surface area contributed by atoms with Gasteiger partial charge < -0.3 is 10.2 Å². The summed E-state index contributed by atoms with van der Waals surface area (Å²) in [6, 6.07) is 0.601. The summed E-state index contributed by atoms with van der Waals surface area (Å²) in [6.07, 6.45) is 11.3. The van der Waals surface area contributed by atoms with E-state index >= 15 is 0 Å². The van der Waals surface area contributed by atoms with Gasteiger partial charge in [-0.25, -0.2) is 0 Å². The van der Waals surface area contributed by atoms with E-state index in [9.17, 15) is 4.79 Å². The van der Waals surface area contributed by atoms with Crippen LogP contribution in [0.25, 0.3) is 0 Å². The Labute approximate surface area is 117 Å². The molecule has 19 heavy (non-hydrogen) atoms. The first kappa shape index (κ1) is 13.4. The van der Waals surface area contributed by atoms with E-state index in [1.165, 1.54) is 51.4 Å².